The molecule has 2 heterocycles. The fourth-order valence-electron chi connectivity index (χ4n) is 5.80. The van der Waals surface area contributed by atoms with E-state index >= 15 is 0 Å². The van der Waals surface area contributed by atoms with Crippen LogP contribution in [0.1, 0.15) is 24.7 Å². The van der Waals surface area contributed by atoms with Gasteiger partial charge in [0.25, 0.3) is 0 Å². The van der Waals surface area contributed by atoms with Gasteiger partial charge in [-0.3, -0.25) is 0 Å². The van der Waals surface area contributed by atoms with E-state index in [0.29, 0.717) is 43.6 Å². The van der Waals surface area contributed by atoms with E-state index in [4.69, 9.17) is 19.2 Å². The third-order valence-corrected chi connectivity index (χ3v) is 7.64. The number of fused-ring (bicyclic) bond motifs is 6. The number of benzene rings is 7. The summed E-state index contributed by atoms with van der Waals surface area (Å²) in [4.78, 5) is 0. The molecule has 44 heavy (non-hydrogen) atoms. The predicted octanol–water partition coefficient (Wildman–Crippen LogP) is 11.2. The number of para-hydroxylation sites is 2. The largest absolute Gasteiger partial charge is 0.309 e. The van der Waals surface area contributed by atoms with Crippen LogP contribution in [0.25, 0.3) is 77.2 Å². The highest BCUT2D eigenvalue weighted by Crippen LogP contribution is 2.40. The highest BCUT2D eigenvalue weighted by Gasteiger charge is 2.18. The first kappa shape index (κ1) is 12.8. The molecule has 0 N–H and O–H groups in total. The zero-order valence-corrected chi connectivity index (χ0v) is 22.7. The van der Waals surface area contributed by atoms with E-state index in [9.17, 15) is 5.48 Å². The quantitative estimate of drug-likeness (QED) is 0.197. The van der Waals surface area contributed by atoms with Crippen molar-refractivity contribution >= 4 is 43.6 Å². The van der Waals surface area contributed by atoms with E-state index < -0.39 is 131 Å². The van der Waals surface area contributed by atoms with Gasteiger partial charge >= 0.3 is 0 Å². The van der Waals surface area contributed by atoms with Crippen molar-refractivity contribution in [3.63, 3.8) is 0 Å². The smallest absolute Gasteiger partial charge is 0.0651 e. The first-order valence-electron chi connectivity index (χ1n) is 22.7. The number of hydrogen-bond donors (Lipinski definition) is 0. The average Bonchev–Trinajstić information content (AvgIpc) is 3.75. The standard InChI is InChI=1S/C42H28N2/c1-3-13-29(14-4-1)31-17-11-19-33(25-31)43-39-23-9-7-21-35(39)37-27-38-36-22-8-10-24-40(36)44(42(38)28-41(37)43)34-20-12-18-32(26-34)30-15-5-2-6-16-30/h1-28H/i1D,2D,3D,4D,5D,6D,11D,12D,13D,14D,15D,16D,17D,18D,19D,20D,25D,26D. The fourth-order valence-corrected chi connectivity index (χ4v) is 5.80. The highest BCUT2D eigenvalue weighted by molar-refractivity contribution is 6.19. The minimum Gasteiger partial charge on any atom is -0.309 e. The van der Waals surface area contributed by atoms with Gasteiger partial charge in [-0.25, -0.2) is 0 Å². The molecule has 9 aromatic rings. The topological polar surface area (TPSA) is 9.86 Å². The van der Waals surface area contributed by atoms with Gasteiger partial charge in [-0.2, -0.15) is 0 Å². The Morgan fingerprint density at radius 1 is 0.364 bits per heavy atom. The molecule has 0 aliphatic heterocycles. The maximum absolute atomic E-state index is 9.55. The Kier molecular flexibility index (Phi) is 2.87. The molecule has 206 valence electrons. The van der Waals surface area contributed by atoms with E-state index in [1.165, 1.54) is 9.13 Å². The van der Waals surface area contributed by atoms with Crippen molar-refractivity contribution in [1.29, 1.82) is 0 Å². The van der Waals surface area contributed by atoms with Gasteiger partial charge in [0.05, 0.1) is 46.7 Å². The van der Waals surface area contributed by atoms with Crippen LogP contribution in [0.3, 0.4) is 0 Å². The fraction of sp³-hybridized carbons (Fsp3) is 0. The van der Waals surface area contributed by atoms with E-state index in [0.717, 1.165) is 0 Å². The van der Waals surface area contributed by atoms with Crippen LogP contribution < -0.4 is 0 Å². The zero-order chi connectivity index (χ0) is 44.7. The Morgan fingerprint density at radius 3 is 1.27 bits per heavy atom. The van der Waals surface area contributed by atoms with Crippen molar-refractivity contribution in [3.05, 3.63) is 169 Å². The Labute approximate surface area is 281 Å². The number of hydrogen-bond acceptors (Lipinski definition) is 0. The lowest BCUT2D eigenvalue weighted by molar-refractivity contribution is 1.16. The van der Waals surface area contributed by atoms with Gasteiger partial charge in [-0.15, -0.1) is 0 Å². The first-order chi connectivity index (χ1) is 29.3. The van der Waals surface area contributed by atoms with Crippen molar-refractivity contribution in [3.8, 4) is 33.6 Å². The van der Waals surface area contributed by atoms with Crippen molar-refractivity contribution < 1.29 is 24.7 Å². The van der Waals surface area contributed by atoms with Gasteiger partial charge in [-0.1, -0.05) is 121 Å². The molecule has 0 saturated heterocycles. The monoisotopic (exact) mass is 578 g/mol. The van der Waals surface area contributed by atoms with Gasteiger partial charge in [0, 0.05) is 32.9 Å². The molecule has 0 aliphatic carbocycles. The average molecular weight is 579 g/mol. The Balaban J connectivity index is 1.45. The molecule has 7 aromatic carbocycles. The van der Waals surface area contributed by atoms with Crippen LogP contribution in [0.15, 0.2) is 169 Å². The lowest BCUT2D eigenvalue weighted by atomic mass is 10.1. The van der Waals surface area contributed by atoms with Gasteiger partial charge in [0.1, 0.15) is 0 Å². The Morgan fingerprint density at radius 2 is 0.795 bits per heavy atom. The third-order valence-electron chi connectivity index (χ3n) is 7.64. The lowest BCUT2D eigenvalue weighted by Gasteiger charge is -2.12. The molecule has 0 aliphatic rings. The summed E-state index contributed by atoms with van der Waals surface area (Å²) in [6, 6.07) is 5.59. The van der Waals surface area contributed by atoms with Crippen LogP contribution in [-0.4, -0.2) is 9.13 Å². The maximum atomic E-state index is 9.55. The van der Waals surface area contributed by atoms with E-state index in [1.807, 2.05) is 6.07 Å². The second-order valence-electron chi connectivity index (χ2n) is 10.0. The number of rotatable bonds is 4. The molecule has 0 radical (unpaired) electrons. The highest BCUT2D eigenvalue weighted by atomic mass is 15.0. The molecule has 0 atom stereocenters. The van der Waals surface area contributed by atoms with Crippen LogP contribution in [0.5, 0.6) is 0 Å². The molecule has 0 bridgehead atoms. The SMILES string of the molecule is [2H]c1c([2H])c([2H])c(-c2c([2H])c([2H])c([2H])c(-n3c4ccccc4c4cc5c6ccccc6n(-c6c([2H])c([2H])c([2H])c(-c7c([2H])c([2H])c([2H])c([2H])c7[2H])c6[2H])c5cc43)c2[2H])c([2H])c1[2H]. The van der Waals surface area contributed by atoms with Crippen LogP contribution in [0.2, 0.25) is 0 Å². The normalized spacial score (nSPS) is 17.4. The zero-order valence-electron chi connectivity index (χ0n) is 40.7. The molecule has 0 saturated carbocycles. The molecular formula is C42H28N2. The second kappa shape index (κ2) is 9.86. The van der Waals surface area contributed by atoms with Crippen molar-refractivity contribution in [2.75, 3.05) is 0 Å². The van der Waals surface area contributed by atoms with E-state index in [-0.39, 0.29) is 11.4 Å². The van der Waals surface area contributed by atoms with E-state index in [2.05, 4.69) is 0 Å². The maximum Gasteiger partial charge on any atom is 0.0651 e. The van der Waals surface area contributed by atoms with Crippen molar-refractivity contribution in [2.24, 2.45) is 0 Å². The van der Waals surface area contributed by atoms with Crippen LogP contribution in [0, 0.1) is 0 Å². The predicted molar refractivity (Wildman–Crippen MR) is 186 cm³/mol. The van der Waals surface area contributed by atoms with Crippen LogP contribution >= 0.6 is 0 Å². The second-order valence-corrected chi connectivity index (χ2v) is 10.0. The molecule has 0 spiro atoms. The molecule has 2 nitrogen and oxygen atoms in total. The summed E-state index contributed by atoms with van der Waals surface area (Å²) in [7, 11) is 0. The Bertz CT molecular complexity index is 3230. The van der Waals surface area contributed by atoms with Crippen molar-refractivity contribution in [2.45, 2.75) is 0 Å². The van der Waals surface area contributed by atoms with Gasteiger partial charge in [0.2, 0.25) is 0 Å². The summed E-state index contributed by atoms with van der Waals surface area (Å²) in [5.74, 6) is 0. The van der Waals surface area contributed by atoms with Gasteiger partial charge in [-0.05, 0) is 70.7 Å². The van der Waals surface area contributed by atoms with Crippen LogP contribution in [-0.2, 0) is 0 Å². The van der Waals surface area contributed by atoms with Crippen molar-refractivity contribution in [1.82, 2.24) is 9.13 Å². The summed E-state index contributed by atoms with van der Waals surface area (Å²) >= 11 is 0. The molecule has 2 aromatic heterocycles. The minimum atomic E-state index is -0.707. The van der Waals surface area contributed by atoms with Crippen LogP contribution in [0.4, 0.5) is 0 Å². The lowest BCUT2D eigenvalue weighted by Crippen LogP contribution is -1.96. The number of aromatic nitrogens is 2. The molecule has 0 fully saturated rings. The van der Waals surface area contributed by atoms with Gasteiger partial charge < -0.3 is 9.13 Å². The van der Waals surface area contributed by atoms with E-state index in [1.54, 1.807) is 54.6 Å². The summed E-state index contributed by atoms with van der Waals surface area (Å²) in [5.41, 5.74) is -0.807. The first-order valence-corrected chi connectivity index (χ1v) is 13.7. The number of nitrogens with zero attached hydrogens (tertiary/aromatic N) is 2. The van der Waals surface area contributed by atoms with Gasteiger partial charge in [0.15, 0.2) is 0 Å². The molecule has 2 heteroatoms. The molecule has 0 amide bonds. The Hall–Kier alpha value is -5.86. The molecule has 9 rings (SSSR count). The summed E-state index contributed by atoms with van der Waals surface area (Å²) in [5, 5.41) is 2.42. The summed E-state index contributed by atoms with van der Waals surface area (Å²) in [6.07, 6.45) is 0. The minimum absolute atomic E-state index is 0.237. The summed E-state index contributed by atoms with van der Waals surface area (Å²) in [6.45, 7) is 0. The third kappa shape index (κ3) is 3.82. The molecule has 0 unspecified atom stereocenters. The molecular weight excluding hydrogens is 532 g/mol. The summed E-state index contributed by atoms with van der Waals surface area (Å²) < 4.78 is 160.